The van der Waals surface area contributed by atoms with Gasteiger partial charge in [0.05, 0.1) is 6.61 Å². The van der Waals surface area contributed by atoms with Gasteiger partial charge in [-0.15, -0.1) is 0 Å². The van der Waals surface area contributed by atoms with Gasteiger partial charge in [0.1, 0.15) is 0 Å². The predicted molar refractivity (Wildman–Crippen MR) is 86.3 cm³/mol. The van der Waals surface area contributed by atoms with Gasteiger partial charge in [-0.3, -0.25) is 0 Å². The van der Waals surface area contributed by atoms with Crippen molar-refractivity contribution >= 4 is 22.6 Å². The Kier molecular flexibility index (Phi) is 8.53. The summed E-state index contributed by atoms with van der Waals surface area (Å²) in [4.78, 5) is 10.9. The molecular weight excluding hydrogens is 272 g/mol. The summed E-state index contributed by atoms with van der Waals surface area (Å²) in [7, 11) is -3.14. The molecule has 0 aliphatic heterocycles. The summed E-state index contributed by atoms with van der Waals surface area (Å²) in [5, 5.41) is 0. The van der Waals surface area contributed by atoms with E-state index in [2.05, 4.69) is 39.7 Å². The van der Waals surface area contributed by atoms with E-state index in [0.29, 0.717) is 6.61 Å². The van der Waals surface area contributed by atoms with Crippen LogP contribution in [0.2, 0.25) is 38.3 Å². The third-order valence-corrected chi connectivity index (χ3v) is 10.6. The lowest BCUT2D eigenvalue weighted by Crippen LogP contribution is -2.44. The van der Waals surface area contributed by atoms with Gasteiger partial charge >= 0.3 is 5.97 Å². The Balaban J connectivity index is 4.02. The van der Waals surface area contributed by atoms with Crippen LogP contribution in [0.1, 0.15) is 26.2 Å². The summed E-state index contributed by atoms with van der Waals surface area (Å²) in [6.45, 7) is 15.2. The summed E-state index contributed by atoms with van der Waals surface area (Å²) < 4.78 is 11.5. The lowest BCUT2D eigenvalue weighted by Gasteiger charge is -2.34. The zero-order valence-corrected chi connectivity index (χ0v) is 15.3. The molecule has 0 rings (SSSR count). The average molecular weight is 303 g/mol. The monoisotopic (exact) mass is 302 g/mol. The number of carbonyl (C=O) groups is 1. The average Bonchev–Trinajstić information content (AvgIpc) is 2.30. The van der Waals surface area contributed by atoms with E-state index in [-0.39, 0.29) is 5.97 Å². The standard InChI is InChI=1S/C14H30O3Si2/c1-7-9-12-18(3,4)17-19(5,6)13-10-11-16-14(15)8-2/h8H,2,7,9-13H2,1,3-6H3. The van der Waals surface area contributed by atoms with Crippen LogP contribution < -0.4 is 0 Å². The lowest BCUT2D eigenvalue weighted by atomic mass is 10.4. The molecule has 0 unspecified atom stereocenters. The number of hydrogen-bond acceptors (Lipinski definition) is 3. The fourth-order valence-electron chi connectivity index (χ4n) is 2.18. The van der Waals surface area contributed by atoms with Gasteiger partial charge in [-0.2, -0.15) is 0 Å². The quantitative estimate of drug-likeness (QED) is 0.261. The lowest BCUT2D eigenvalue weighted by molar-refractivity contribution is -0.137. The van der Waals surface area contributed by atoms with Crippen molar-refractivity contribution in [1.82, 2.24) is 0 Å². The van der Waals surface area contributed by atoms with Crippen LogP contribution in [0.3, 0.4) is 0 Å². The third-order valence-electron chi connectivity index (χ3n) is 3.02. The molecule has 0 N–H and O–H groups in total. The van der Waals surface area contributed by atoms with E-state index < -0.39 is 16.6 Å². The Morgan fingerprint density at radius 3 is 2.11 bits per heavy atom. The van der Waals surface area contributed by atoms with Crippen molar-refractivity contribution in [3.05, 3.63) is 12.7 Å². The molecule has 0 amide bonds. The van der Waals surface area contributed by atoms with Crippen LogP contribution >= 0.6 is 0 Å². The molecule has 112 valence electrons. The van der Waals surface area contributed by atoms with Crippen molar-refractivity contribution in [1.29, 1.82) is 0 Å². The zero-order chi connectivity index (χ0) is 14.9. The number of carbonyl (C=O) groups excluding carboxylic acids is 1. The maximum absolute atomic E-state index is 10.9. The first-order valence-electron chi connectivity index (χ1n) is 7.22. The van der Waals surface area contributed by atoms with Crippen molar-refractivity contribution in [3.8, 4) is 0 Å². The van der Waals surface area contributed by atoms with E-state index in [0.717, 1.165) is 12.5 Å². The smallest absolute Gasteiger partial charge is 0.330 e. The zero-order valence-electron chi connectivity index (χ0n) is 13.3. The first kappa shape index (κ1) is 18.6. The highest BCUT2D eigenvalue weighted by Crippen LogP contribution is 2.24. The van der Waals surface area contributed by atoms with Crippen molar-refractivity contribution in [2.75, 3.05) is 6.61 Å². The molecular formula is C14H30O3Si2. The Bertz CT molecular complexity index is 288. The first-order valence-corrected chi connectivity index (χ1v) is 13.4. The Hall–Kier alpha value is -0.396. The highest BCUT2D eigenvalue weighted by Gasteiger charge is 2.32. The van der Waals surface area contributed by atoms with Gasteiger partial charge < -0.3 is 8.85 Å². The largest absolute Gasteiger partial charge is 0.463 e. The van der Waals surface area contributed by atoms with Gasteiger partial charge in [0.25, 0.3) is 0 Å². The minimum absolute atomic E-state index is 0.335. The van der Waals surface area contributed by atoms with Gasteiger partial charge in [-0.05, 0) is 44.7 Å². The summed E-state index contributed by atoms with van der Waals surface area (Å²) >= 11 is 0. The topological polar surface area (TPSA) is 35.5 Å². The highest BCUT2D eigenvalue weighted by molar-refractivity contribution is 6.84. The van der Waals surface area contributed by atoms with Crippen LogP contribution in [-0.2, 0) is 13.6 Å². The highest BCUT2D eigenvalue weighted by atomic mass is 28.4. The normalized spacial score (nSPS) is 12.3. The van der Waals surface area contributed by atoms with Gasteiger partial charge in [-0.25, -0.2) is 4.79 Å². The van der Waals surface area contributed by atoms with Crippen LogP contribution in [0.5, 0.6) is 0 Å². The molecule has 0 atom stereocenters. The second-order valence-electron chi connectivity index (χ2n) is 6.20. The van der Waals surface area contributed by atoms with Crippen molar-refractivity contribution in [2.45, 2.75) is 64.5 Å². The fourth-order valence-corrected chi connectivity index (χ4v) is 11.2. The molecule has 0 aliphatic rings. The van der Waals surface area contributed by atoms with Gasteiger partial charge in [0.2, 0.25) is 0 Å². The van der Waals surface area contributed by atoms with Crippen molar-refractivity contribution < 1.29 is 13.6 Å². The number of ether oxygens (including phenoxy) is 1. The summed E-state index contributed by atoms with van der Waals surface area (Å²) in [6, 6.07) is 2.28. The van der Waals surface area contributed by atoms with Crippen LogP contribution in [-0.4, -0.2) is 29.2 Å². The molecule has 0 aromatic carbocycles. The van der Waals surface area contributed by atoms with E-state index in [4.69, 9.17) is 8.85 Å². The van der Waals surface area contributed by atoms with Gasteiger partial charge in [-0.1, -0.05) is 26.3 Å². The first-order chi connectivity index (χ1) is 8.72. The maximum Gasteiger partial charge on any atom is 0.330 e. The van der Waals surface area contributed by atoms with Crippen molar-refractivity contribution in [2.24, 2.45) is 0 Å². The van der Waals surface area contributed by atoms with Gasteiger partial charge in [0.15, 0.2) is 16.6 Å². The SMILES string of the molecule is C=CC(=O)OCCC[Si](C)(C)O[Si](C)(C)CCCC. The van der Waals surface area contributed by atoms with E-state index >= 15 is 0 Å². The minimum atomic E-state index is -1.63. The Morgan fingerprint density at radius 2 is 1.63 bits per heavy atom. The van der Waals surface area contributed by atoms with E-state index in [1.54, 1.807) is 0 Å². The molecule has 19 heavy (non-hydrogen) atoms. The van der Waals surface area contributed by atoms with Crippen LogP contribution in [0, 0.1) is 0 Å². The number of hydrogen-bond donors (Lipinski definition) is 0. The number of rotatable bonds is 10. The molecule has 0 radical (unpaired) electrons. The summed E-state index contributed by atoms with van der Waals surface area (Å²) in [6.07, 6.45) is 4.59. The second-order valence-corrected chi connectivity index (χ2v) is 15.1. The van der Waals surface area contributed by atoms with E-state index in [1.807, 2.05) is 0 Å². The third kappa shape index (κ3) is 10.1. The minimum Gasteiger partial charge on any atom is -0.463 e. The molecule has 0 aromatic heterocycles. The fraction of sp³-hybridized carbons (Fsp3) is 0.786. The van der Waals surface area contributed by atoms with Crippen LogP contribution in [0.15, 0.2) is 12.7 Å². The molecule has 3 nitrogen and oxygen atoms in total. The molecule has 0 bridgehead atoms. The maximum atomic E-state index is 10.9. The van der Waals surface area contributed by atoms with Crippen molar-refractivity contribution in [3.63, 3.8) is 0 Å². The number of esters is 1. The molecule has 5 heteroatoms. The Morgan fingerprint density at radius 1 is 1.11 bits per heavy atom. The summed E-state index contributed by atoms with van der Waals surface area (Å²) in [5.74, 6) is -0.335. The summed E-state index contributed by atoms with van der Waals surface area (Å²) in [5.41, 5.74) is 0. The van der Waals surface area contributed by atoms with Crippen LogP contribution in [0.25, 0.3) is 0 Å². The molecule has 0 saturated carbocycles. The van der Waals surface area contributed by atoms with Gasteiger partial charge in [0, 0.05) is 6.08 Å². The number of unbranched alkanes of at least 4 members (excludes halogenated alkanes) is 1. The second kappa shape index (κ2) is 8.71. The molecule has 0 aromatic rings. The Labute approximate surface area is 120 Å². The molecule has 0 heterocycles. The van der Waals surface area contributed by atoms with Crippen LogP contribution in [0.4, 0.5) is 0 Å². The van der Waals surface area contributed by atoms with E-state index in [9.17, 15) is 4.79 Å². The molecule has 0 saturated heterocycles. The van der Waals surface area contributed by atoms with E-state index in [1.165, 1.54) is 25.0 Å². The molecule has 0 spiro atoms. The molecule has 0 aliphatic carbocycles. The molecule has 0 fully saturated rings. The predicted octanol–water partition coefficient (Wildman–Crippen LogP) is 4.33.